The van der Waals surface area contributed by atoms with Gasteiger partial charge in [0.2, 0.25) is 0 Å². The number of benzene rings is 2. The van der Waals surface area contributed by atoms with E-state index in [0.717, 1.165) is 31.5 Å². The van der Waals surface area contributed by atoms with Gasteiger partial charge in [0.05, 0.1) is 11.2 Å². The molecule has 0 saturated heterocycles. The Hall–Kier alpha value is -2.24. The van der Waals surface area contributed by atoms with Gasteiger partial charge in [-0.05, 0) is 48.7 Å². The predicted molar refractivity (Wildman–Crippen MR) is 117 cm³/mol. The maximum Gasteiger partial charge on any atom is 0.277 e. The summed E-state index contributed by atoms with van der Waals surface area (Å²) in [6.07, 6.45) is 3.82. The Balaban J connectivity index is 1.83. The SMILES string of the molecule is CCCN(CCC)c1ccc(/C=N/NC(=O)COc2ccc(Cl)cc2Cl)cc1. The van der Waals surface area contributed by atoms with E-state index in [4.69, 9.17) is 27.9 Å². The second-order valence-electron chi connectivity index (χ2n) is 6.24. The minimum absolute atomic E-state index is 0.194. The number of hydrogen-bond donors (Lipinski definition) is 1. The molecule has 1 N–H and O–H groups in total. The molecule has 7 heteroatoms. The monoisotopic (exact) mass is 421 g/mol. The normalized spacial score (nSPS) is 10.9. The Bertz CT molecular complexity index is 789. The molecule has 28 heavy (non-hydrogen) atoms. The van der Waals surface area contributed by atoms with Crippen molar-refractivity contribution in [1.82, 2.24) is 5.43 Å². The van der Waals surface area contributed by atoms with Crippen LogP contribution in [0.15, 0.2) is 47.6 Å². The topological polar surface area (TPSA) is 53.9 Å². The minimum Gasteiger partial charge on any atom is -0.482 e. The highest BCUT2D eigenvalue weighted by molar-refractivity contribution is 6.35. The van der Waals surface area contributed by atoms with Crippen molar-refractivity contribution >= 4 is 41.0 Å². The maximum absolute atomic E-state index is 11.8. The van der Waals surface area contributed by atoms with Crippen LogP contribution >= 0.6 is 23.2 Å². The minimum atomic E-state index is -0.379. The number of carbonyl (C=O) groups excluding carboxylic acids is 1. The zero-order valence-corrected chi connectivity index (χ0v) is 17.6. The van der Waals surface area contributed by atoms with E-state index < -0.39 is 0 Å². The summed E-state index contributed by atoms with van der Waals surface area (Å²) in [5.41, 5.74) is 4.53. The Morgan fingerprint density at radius 3 is 2.39 bits per heavy atom. The lowest BCUT2D eigenvalue weighted by atomic mass is 10.2. The molecule has 2 aromatic carbocycles. The summed E-state index contributed by atoms with van der Waals surface area (Å²) in [5, 5.41) is 4.82. The molecule has 0 radical (unpaired) electrons. The standard InChI is InChI=1S/C21H25Cl2N3O2/c1-3-11-26(12-4-2)18-8-5-16(6-9-18)14-24-25-21(27)15-28-20-10-7-17(22)13-19(20)23/h5-10,13-14H,3-4,11-12,15H2,1-2H3,(H,25,27)/b24-14+. The molecule has 0 fully saturated rings. The first-order valence-corrected chi connectivity index (χ1v) is 10.0. The molecule has 0 unspecified atom stereocenters. The number of rotatable bonds is 10. The zero-order valence-electron chi connectivity index (χ0n) is 16.1. The van der Waals surface area contributed by atoms with Crippen LogP contribution < -0.4 is 15.1 Å². The van der Waals surface area contributed by atoms with Gasteiger partial charge in [-0.2, -0.15) is 5.10 Å². The highest BCUT2D eigenvalue weighted by Gasteiger charge is 2.06. The van der Waals surface area contributed by atoms with Crippen molar-refractivity contribution in [3.63, 3.8) is 0 Å². The van der Waals surface area contributed by atoms with Crippen LogP contribution in [-0.2, 0) is 4.79 Å². The first kappa shape index (κ1) is 22.1. The molecule has 0 aliphatic heterocycles. The van der Waals surface area contributed by atoms with Crippen molar-refractivity contribution in [3.8, 4) is 5.75 Å². The number of carbonyl (C=O) groups is 1. The van der Waals surface area contributed by atoms with Crippen molar-refractivity contribution in [1.29, 1.82) is 0 Å². The first-order chi connectivity index (χ1) is 13.5. The van der Waals surface area contributed by atoms with E-state index in [1.807, 2.05) is 12.1 Å². The van der Waals surface area contributed by atoms with Gasteiger partial charge in [0, 0.05) is 23.8 Å². The number of nitrogens with one attached hydrogen (secondary N) is 1. The van der Waals surface area contributed by atoms with Crippen molar-refractivity contribution in [2.24, 2.45) is 5.10 Å². The molecule has 0 atom stereocenters. The van der Waals surface area contributed by atoms with E-state index in [1.54, 1.807) is 24.4 Å². The Morgan fingerprint density at radius 2 is 1.79 bits per heavy atom. The summed E-state index contributed by atoms with van der Waals surface area (Å²) in [5.74, 6) is 0.0143. The van der Waals surface area contributed by atoms with Crippen molar-refractivity contribution in [2.75, 3.05) is 24.6 Å². The molecule has 5 nitrogen and oxygen atoms in total. The van der Waals surface area contributed by atoms with Crippen LogP contribution in [-0.4, -0.2) is 31.8 Å². The van der Waals surface area contributed by atoms with Gasteiger partial charge in [0.25, 0.3) is 5.91 Å². The molecule has 0 aromatic heterocycles. The molecule has 0 spiro atoms. The second kappa shape index (κ2) is 11.6. The second-order valence-corrected chi connectivity index (χ2v) is 7.08. The van der Waals surface area contributed by atoms with E-state index in [9.17, 15) is 4.79 Å². The molecule has 0 heterocycles. The van der Waals surface area contributed by atoms with Gasteiger partial charge >= 0.3 is 0 Å². The van der Waals surface area contributed by atoms with E-state index in [0.29, 0.717) is 15.8 Å². The van der Waals surface area contributed by atoms with Gasteiger partial charge in [-0.1, -0.05) is 49.2 Å². The molecule has 0 aliphatic carbocycles. The third-order valence-electron chi connectivity index (χ3n) is 3.90. The first-order valence-electron chi connectivity index (χ1n) is 9.28. The van der Waals surface area contributed by atoms with Gasteiger partial charge in [0.1, 0.15) is 5.75 Å². The Morgan fingerprint density at radius 1 is 1.11 bits per heavy atom. The molecule has 1 amide bonds. The third kappa shape index (κ3) is 7.06. The largest absolute Gasteiger partial charge is 0.482 e. The van der Waals surface area contributed by atoms with Crippen molar-refractivity contribution < 1.29 is 9.53 Å². The van der Waals surface area contributed by atoms with Crippen LogP contribution in [0.3, 0.4) is 0 Å². The van der Waals surface area contributed by atoms with Crippen LogP contribution in [0.4, 0.5) is 5.69 Å². The van der Waals surface area contributed by atoms with Gasteiger partial charge in [-0.25, -0.2) is 5.43 Å². The number of anilines is 1. The number of halogens is 2. The Labute approximate surface area is 176 Å². The summed E-state index contributed by atoms with van der Waals surface area (Å²) >= 11 is 11.8. The highest BCUT2D eigenvalue weighted by Crippen LogP contribution is 2.27. The summed E-state index contributed by atoms with van der Waals surface area (Å²) in [4.78, 5) is 14.2. The Kier molecular flexibility index (Phi) is 9.11. The lowest BCUT2D eigenvalue weighted by Crippen LogP contribution is -2.25. The maximum atomic E-state index is 11.8. The molecule has 2 aromatic rings. The molecule has 150 valence electrons. The van der Waals surface area contributed by atoms with E-state index in [1.165, 1.54) is 5.69 Å². The van der Waals surface area contributed by atoms with Crippen molar-refractivity contribution in [2.45, 2.75) is 26.7 Å². The number of nitrogens with zero attached hydrogens (tertiary/aromatic N) is 2. The van der Waals surface area contributed by atoms with Gasteiger partial charge in [-0.15, -0.1) is 0 Å². The lowest BCUT2D eigenvalue weighted by molar-refractivity contribution is -0.123. The van der Waals surface area contributed by atoms with E-state index in [-0.39, 0.29) is 12.5 Å². The molecular formula is C21H25Cl2N3O2. The smallest absolute Gasteiger partial charge is 0.277 e. The summed E-state index contributed by atoms with van der Waals surface area (Å²) in [6, 6.07) is 12.9. The number of amides is 1. The molecule has 2 rings (SSSR count). The van der Waals surface area contributed by atoms with Crippen LogP contribution in [0.1, 0.15) is 32.3 Å². The van der Waals surface area contributed by atoms with Gasteiger partial charge in [0.15, 0.2) is 6.61 Å². The van der Waals surface area contributed by atoms with Gasteiger partial charge in [-0.3, -0.25) is 4.79 Å². The predicted octanol–water partition coefficient (Wildman–Crippen LogP) is 5.15. The number of hydrogen-bond acceptors (Lipinski definition) is 4. The molecule has 0 aliphatic rings. The fourth-order valence-electron chi connectivity index (χ4n) is 2.63. The summed E-state index contributed by atoms with van der Waals surface area (Å²) in [7, 11) is 0. The van der Waals surface area contributed by atoms with Gasteiger partial charge < -0.3 is 9.64 Å². The zero-order chi connectivity index (χ0) is 20.4. The van der Waals surface area contributed by atoms with Crippen LogP contribution in [0.25, 0.3) is 0 Å². The average molecular weight is 422 g/mol. The fraction of sp³-hybridized carbons (Fsp3) is 0.333. The summed E-state index contributed by atoms with van der Waals surface area (Å²) in [6.45, 7) is 6.23. The highest BCUT2D eigenvalue weighted by atomic mass is 35.5. The summed E-state index contributed by atoms with van der Waals surface area (Å²) < 4.78 is 5.36. The van der Waals surface area contributed by atoms with E-state index in [2.05, 4.69) is 41.4 Å². The lowest BCUT2D eigenvalue weighted by Gasteiger charge is -2.23. The molecule has 0 saturated carbocycles. The number of ether oxygens (including phenoxy) is 1. The average Bonchev–Trinajstić information content (AvgIpc) is 2.68. The molecular weight excluding hydrogens is 397 g/mol. The quantitative estimate of drug-likeness (QED) is 0.426. The van der Waals surface area contributed by atoms with E-state index >= 15 is 0 Å². The fourth-order valence-corrected chi connectivity index (χ4v) is 3.09. The third-order valence-corrected chi connectivity index (χ3v) is 4.43. The molecule has 0 bridgehead atoms. The van der Waals surface area contributed by atoms with Crippen LogP contribution in [0, 0.1) is 0 Å². The van der Waals surface area contributed by atoms with Crippen molar-refractivity contribution in [3.05, 3.63) is 58.1 Å². The van der Waals surface area contributed by atoms with Crippen LogP contribution in [0.2, 0.25) is 10.0 Å². The number of hydrazone groups is 1. The van der Waals surface area contributed by atoms with Crippen LogP contribution in [0.5, 0.6) is 5.75 Å².